The molecule has 0 fully saturated rings. The highest BCUT2D eigenvalue weighted by Crippen LogP contribution is 2.22. The first-order valence-corrected chi connectivity index (χ1v) is 4.88. The summed E-state index contributed by atoms with van der Waals surface area (Å²) >= 11 is 0. The zero-order valence-electron chi connectivity index (χ0n) is 8.55. The van der Waals surface area contributed by atoms with Gasteiger partial charge in [-0.2, -0.15) is 0 Å². The van der Waals surface area contributed by atoms with Crippen molar-refractivity contribution >= 4 is 0 Å². The minimum Gasteiger partial charge on any atom is -0.423 e. The molecule has 0 unspecified atom stereocenters. The van der Waals surface area contributed by atoms with E-state index in [1.807, 2.05) is 37.3 Å². The number of rotatable bonds is 3. The van der Waals surface area contributed by atoms with Gasteiger partial charge in [-0.05, 0) is 12.5 Å². The highest BCUT2D eigenvalue weighted by Gasteiger charge is 2.14. The second-order valence-corrected chi connectivity index (χ2v) is 3.37. The summed E-state index contributed by atoms with van der Waals surface area (Å²) in [5.74, 6) is 1.20. The molecule has 0 aliphatic carbocycles. The van der Waals surface area contributed by atoms with Crippen molar-refractivity contribution < 1.29 is 4.42 Å². The lowest BCUT2D eigenvalue weighted by Crippen LogP contribution is -1.96. The number of hydrogen-bond donors (Lipinski definition) is 1. The fourth-order valence-electron chi connectivity index (χ4n) is 1.41. The molecule has 0 bridgehead atoms. The lowest BCUT2D eigenvalue weighted by molar-refractivity contribution is 0.440. The van der Waals surface area contributed by atoms with E-state index in [1.165, 1.54) is 0 Å². The molecule has 0 aliphatic heterocycles. The van der Waals surface area contributed by atoms with E-state index in [0.717, 1.165) is 5.56 Å². The van der Waals surface area contributed by atoms with Crippen LogP contribution in [0.1, 0.15) is 30.2 Å². The lowest BCUT2D eigenvalue weighted by Gasteiger charge is -2.05. The molecule has 0 amide bonds. The van der Waals surface area contributed by atoms with Crippen molar-refractivity contribution in [1.82, 2.24) is 10.2 Å². The zero-order valence-corrected chi connectivity index (χ0v) is 8.55. The van der Waals surface area contributed by atoms with Gasteiger partial charge >= 0.3 is 0 Å². The summed E-state index contributed by atoms with van der Waals surface area (Å²) in [5, 5.41) is 7.81. The van der Waals surface area contributed by atoms with Crippen molar-refractivity contribution in [2.75, 3.05) is 0 Å². The Labute approximate surface area is 88.1 Å². The van der Waals surface area contributed by atoms with Gasteiger partial charge in [-0.15, -0.1) is 10.2 Å². The molecule has 4 nitrogen and oxygen atoms in total. The van der Waals surface area contributed by atoms with Crippen molar-refractivity contribution in [3.05, 3.63) is 47.7 Å². The number of hydrogen-bond acceptors (Lipinski definition) is 4. The molecular weight excluding hydrogens is 190 g/mol. The topological polar surface area (TPSA) is 64.9 Å². The van der Waals surface area contributed by atoms with Gasteiger partial charge in [-0.3, -0.25) is 0 Å². The molecule has 1 atom stereocenters. The molecule has 4 heteroatoms. The van der Waals surface area contributed by atoms with Gasteiger partial charge in [0.2, 0.25) is 11.8 Å². The first kappa shape index (κ1) is 9.86. The minimum absolute atomic E-state index is 0.110. The normalized spacial score (nSPS) is 12.7. The molecule has 78 valence electrons. The van der Waals surface area contributed by atoms with Crippen molar-refractivity contribution in [2.24, 2.45) is 5.73 Å². The van der Waals surface area contributed by atoms with Crippen LogP contribution in [0, 0.1) is 0 Å². The van der Waals surface area contributed by atoms with Crippen LogP contribution >= 0.6 is 0 Å². The molecule has 0 aliphatic rings. The van der Waals surface area contributed by atoms with Gasteiger partial charge in [0.25, 0.3) is 0 Å². The summed E-state index contributed by atoms with van der Waals surface area (Å²) < 4.78 is 5.40. The Morgan fingerprint density at radius 2 is 2.00 bits per heavy atom. The van der Waals surface area contributed by atoms with Gasteiger partial charge in [0.15, 0.2) is 0 Å². The first-order valence-electron chi connectivity index (χ1n) is 4.88. The van der Waals surface area contributed by atoms with Crippen molar-refractivity contribution in [1.29, 1.82) is 0 Å². The average molecular weight is 203 g/mol. The Bertz CT molecular complexity index is 424. The second-order valence-electron chi connectivity index (χ2n) is 3.37. The highest BCUT2D eigenvalue weighted by molar-refractivity contribution is 5.23. The summed E-state index contributed by atoms with van der Waals surface area (Å²) in [6.45, 7) is 2.32. The van der Waals surface area contributed by atoms with Gasteiger partial charge in [-0.25, -0.2) is 0 Å². The fourth-order valence-corrected chi connectivity index (χ4v) is 1.41. The van der Waals surface area contributed by atoms with Crippen molar-refractivity contribution in [2.45, 2.75) is 19.4 Å². The molecule has 2 N–H and O–H groups in total. The summed E-state index contributed by atoms with van der Waals surface area (Å²) in [4.78, 5) is 0. The fraction of sp³-hybridized carbons (Fsp3) is 0.273. The Hall–Kier alpha value is -1.68. The van der Waals surface area contributed by atoms with Gasteiger partial charge in [0, 0.05) is 0 Å². The largest absolute Gasteiger partial charge is 0.423 e. The van der Waals surface area contributed by atoms with Crippen molar-refractivity contribution in [3.8, 4) is 0 Å². The van der Waals surface area contributed by atoms with Crippen molar-refractivity contribution in [3.63, 3.8) is 0 Å². The highest BCUT2D eigenvalue weighted by atomic mass is 16.4. The molecule has 15 heavy (non-hydrogen) atoms. The summed E-state index contributed by atoms with van der Waals surface area (Å²) in [6.07, 6.45) is 0. The number of nitrogens with two attached hydrogens (primary N) is 1. The predicted octanol–water partition coefficient (Wildman–Crippen LogP) is 1.68. The molecule has 1 heterocycles. The SMILES string of the molecule is C[C@H](c1ccccc1)c1nnc(CN)o1. The lowest BCUT2D eigenvalue weighted by atomic mass is 10.0. The van der Waals surface area contributed by atoms with Crippen LogP contribution in [0.15, 0.2) is 34.7 Å². The molecule has 0 spiro atoms. The van der Waals surface area contributed by atoms with Gasteiger partial charge in [-0.1, -0.05) is 30.3 Å². The molecule has 2 aromatic rings. The van der Waals surface area contributed by atoms with E-state index in [2.05, 4.69) is 10.2 Å². The molecule has 0 saturated heterocycles. The van der Waals surface area contributed by atoms with Gasteiger partial charge < -0.3 is 10.2 Å². The summed E-state index contributed by atoms with van der Waals surface area (Å²) in [6, 6.07) is 10.0. The van der Waals surface area contributed by atoms with E-state index in [-0.39, 0.29) is 12.5 Å². The molecule has 1 aromatic carbocycles. The van der Waals surface area contributed by atoms with Crippen LogP contribution in [0.2, 0.25) is 0 Å². The number of benzene rings is 1. The molecule has 1 aromatic heterocycles. The minimum atomic E-state index is 0.110. The molecule has 0 radical (unpaired) electrons. The average Bonchev–Trinajstić information content (AvgIpc) is 2.78. The maximum Gasteiger partial charge on any atom is 0.230 e. The third-order valence-electron chi connectivity index (χ3n) is 2.33. The van der Waals surface area contributed by atoms with E-state index in [0.29, 0.717) is 11.8 Å². The van der Waals surface area contributed by atoms with Crippen LogP contribution in [-0.4, -0.2) is 10.2 Å². The quantitative estimate of drug-likeness (QED) is 0.824. The van der Waals surface area contributed by atoms with E-state index in [4.69, 9.17) is 10.2 Å². The third-order valence-corrected chi connectivity index (χ3v) is 2.33. The standard InChI is InChI=1S/C11H13N3O/c1-8(9-5-3-2-4-6-9)11-14-13-10(7-12)15-11/h2-6,8H,7,12H2,1H3/t8-/m1/s1. The van der Waals surface area contributed by atoms with Crippen LogP contribution in [0.5, 0.6) is 0 Å². The van der Waals surface area contributed by atoms with Gasteiger partial charge in [0.05, 0.1) is 12.5 Å². The maximum atomic E-state index is 5.41. The van der Waals surface area contributed by atoms with E-state index < -0.39 is 0 Å². The Balaban J connectivity index is 2.24. The Morgan fingerprint density at radius 3 is 2.60 bits per heavy atom. The summed E-state index contributed by atoms with van der Waals surface area (Å²) in [7, 11) is 0. The third kappa shape index (κ3) is 2.05. The van der Waals surface area contributed by atoms with Crippen LogP contribution in [0.3, 0.4) is 0 Å². The van der Waals surface area contributed by atoms with Gasteiger partial charge in [0.1, 0.15) is 0 Å². The summed E-state index contributed by atoms with van der Waals surface area (Å²) in [5.41, 5.74) is 6.56. The maximum absolute atomic E-state index is 5.41. The predicted molar refractivity (Wildman–Crippen MR) is 56.1 cm³/mol. The van der Waals surface area contributed by atoms with Crippen LogP contribution < -0.4 is 5.73 Å². The first-order chi connectivity index (χ1) is 7.31. The zero-order chi connectivity index (χ0) is 10.7. The van der Waals surface area contributed by atoms with Crippen LogP contribution in [-0.2, 0) is 6.54 Å². The molecule has 2 rings (SSSR count). The van der Waals surface area contributed by atoms with Crippen LogP contribution in [0.25, 0.3) is 0 Å². The smallest absolute Gasteiger partial charge is 0.230 e. The number of aromatic nitrogens is 2. The van der Waals surface area contributed by atoms with E-state index in [9.17, 15) is 0 Å². The molecule has 0 saturated carbocycles. The van der Waals surface area contributed by atoms with E-state index in [1.54, 1.807) is 0 Å². The Kier molecular flexibility index (Phi) is 2.78. The molecular formula is C11H13N3O. The van der Waals surface area contributed by atoms with Crippen LogP contribution in [0.4, 0.5) is 0 Å². The monoisotopic (exact) mass is 203 g/mol. The Morgan fingerprint density at radius 1 is 1.27 bits per heavy atom. The second kappa shape index (κ2) is 4.23. The van der Waals surface area contributed by atoms with E-state index >= 15 is 0 Å². The number of nitrogens with zero attached hydrogens (tertiary/aromatic N) is 2.